The Balaban J connectivity index is 1.30. The van der Waals surface area contributed by atoms with Gasteiger partial charge in [-0.05, 0) is 78.6 Å². The number of pyridine rings is 2. The predicted molar refractivity (Wildman–Crippen MR) is 147 cm³/mol. The summed E-state index contributed by atoms with van der Waals surface area (Å²) in [6.45, 7) is 5.05. The molecule has 1 aliphatic rings. The van der Waals surface area contributed by atoms with Crippen LogP contribution in [0.2, 0.25) is 0 Å². The number of nitrogens with zero attached hydrogens (tertiary/aromatic N) is 4. The monoisotopic (exact) mass is 508 g/mol. The molecule has 192 valence electrons. The second kappa shape index (κ2) is 10.3. The lowest BCUT2D eigenvalue weighted by Crippen LogP contribution is -2.25. The van der Waals surface area contributed by atoms with Crippen LogP contribution in [0.4, 0.5) is 17.3 Å². The number of carboxylic acid groups (broad SMARTS) is 1. The number of carbonyl (C=O) groups is 2. The predicted octanol–water partition coefficient (Wildman–Crippen LogP) is 5.52. The molecule has 8 nitrogen and oxygen atoms in total. The van der Waals surface area contributed by atoms with Crippen LogP contribution in [0.5, 0.6) is 5.75 Å². The van der Waals surface area contributed by atoms with Gasteiger partial charge in [-0.2, -0.15) is 0 Å². The smallest absolute Gasteiger partial charge is 0.335 e. The van der Waals surface area contributed by atoms with Gasteiger partial charge in [-0.1, -0.05) is 18.2 Å². The number of hydrogen-bond donors (Lipinski definition) is 1. The quantitative estimate of drug-likeness (QED) is 0.351. The van der Waals surface area contributed by atoms with E-state index in [9.17, 15) is 9.59 Å². The first kappa shape index (κ1) is 25.0. The molecule has 0 saturated heterocycles. The number of aryl methyl sites for hydroxylation is 1. The van der Waals surface area contributed by atoms with Crippen molar-refractivity contribution in [2.45, 2.75) is 20.3 Å². The van der Waals surface area contributed by atoms with Crippen molar-refractivity contribution in [2.24, 2.45) is 0 Å². The number of ether oxygens (including phenoxy) is 1. The van der Waals surface area contributed by atoms with Crippen LogP contribution in [0.15, 0.2) is 73.1 Å². The summed E-state index contributed by atoms with van der Waals surface area (Å²) in [5, 5.41) is 9.10. The number of anilines is 3. The largest absolute Gasteiger partial charge is 0.493 e. The molecule has 1 amide bonds. The molecule has 4 aromatic rings. The second-order valence-corrected chi connectivity index (χ2v) is 9.13. The molecule has 5 rings (SSSR count). The summed E-state index contributed by atoms with van der Waals surface area (Å²) in [6, 6.07) is 18.3. The van der Waals surface area contributed by atoms with Crippen molar-refractivity contribution in [3.05, 3.63) is 95.3 Å². The first-order valence-corrected chi connectivity index (χ1v) is 12.4. The van der Waals surface area contributed by atoms with Crippen LogP contribution in [-0.2, 0) is 6.42 Å². The Labute approximate surface area is 221 Å². The SMILES string of the molecule is CCN1c2ncc(CCOc3ccc(-c4ccc(C(=O)O)cc4)cc3C)cc2C(=O)N(C)c2cccnc21. The number of aromatic nitrogens is 2. The molecule has 0 unspecified atom stereocenters. The van der Waals surface area contributed by atoms with Gasteiger partial charge in [0.1, 0.15) is 11.6 Å². The fourth-order valence-electron chi connectivity index (χ4n) is 4.63. The van der Waals surface area contributed by atoms with Crippen molar-refractivity contribution in [1.29, 1.82) is 0 Å². The van der Waals surface area contributed by atoms with Gasteiger partial charge in [-0.15, -0.1) is 0 Å². The first-order chi connectivity index (χ1) is 18.4. The van der Waals surface area contributed by atoms with Gasteiger partial charge in [-0.25, -0.2) is 14.8 Å². The zero-order valence-corrected chi connectivity index (χ0v) is 21.5. The number of amides is 1. The summed E-state index contributed by atoms with van der Waals surface area (Å²) in [7, 11) is 1.76. The number of carbonyl (C=O) groups excluding carboxylic acids is 1. The molecule has 0 aliphatic carbocycles. The molecule has 2 aromatic heterocycles. The third-order valence-corrected chi connectivity index (χ3v) is 6.70. The maximum absolute atomic E-state index is 13.3. The highest BCUT2D eigenvalue weighted by Gasteiger charge is 2.30. The van der Waals surface area contributed by atoms with E-state index in [1.54, 1.807) is 48.6 Å². The standard InChI is InChI=1S/C30H28N4O4/c1-4-34-27-24(29(35)33(3)25-6-5-14-31-28(25)34)17-20(18-32-27)13-15-38-26-12-11-23(16-19(26)2)21-7-9-22(10-8-21)30(36)37/h5-12,14,16-18H,4,13,15H2,1-3H3,(H,36,37). The maximum atomic E-state index is 13.3. The number of fused-ring (bicyclic) bond motifs is 2. The summed E-state index contributed by atoms with van der Waals surface area (Å²) < 4.78 is 6.07. The average Bonchev–Trinajstić information content (AvgIpc) is 3.02. The van der Waals surface area contributed by atoms with E-state index in [-0.39, 0.29) is 11.5 Å². The van der Waals surface area contributed by atoms with Crippen molar-refractivity contribution in [3.63, 3.8) is 0 Å². The highest BCUT2D eigenvalue weighted by atomic mass is 16.5. The van der Waals surface area contributed by atoms with Crippen LogP contribution in [0.1, 0.15) is 38.8 Å². The molecule has 1 aliphatic heterocycles. The van der Waals surface area contributed by atoms with Gasteiger partial charge in [0.05, 0.1) is 23.4 Å². The van der Waals surface area contributed by atoms with Gasteiger partial charge in [0.25, 0.3) is 5.91 Å². The molecule has 0 atom stereocenters. The van der Waals surface area contributed by atoms with Gasteiger partial charge in [0.2, 0.25) is 0 Å². The Kier molecular flexibility index (Phi) is 6.79. The van der Waals surface area contributed by atoms with Crippen molar-refractivity contribution < 1.29 is 19.4 Å². The molecule has 38 heavy (non-hydrogen) atoms. The summed E-state index contributed by atoms with van der Waals surface area (Å²) >= 11 is 0. The van der Waals surface area contributed by atoms with Gasteiger partial charge in [-0.3, -0.25) is 4.79 Å². The molecule has 1 N–H and O–H groups in total. The van der Waals surface area contributed by atoms with E-state index in [1.165, 1.54) is 0 Å². The minimum absolute atomic E-state index is 0.122. The fraction of sp³-hybridized carbons (Fsp3) is 0.200. The highest BCUT2D eigenvalue weighted by molar-refractivity contribution is 6.12. The van der Waals surface area contributed by atoms with Crippen LogP contribution in [-0.4, -0.2) is 47.2 Å². The van der Waals surface area contributed by atoms with Gasteiger partial charge in [0.15, 0.2) is 5.82 Å². The van der Waals surface area contributed by atoms with Crippen molar-refractivity contribution in [3.8, 4) is 16.9 Å². The van der Waals surface area contributed by atoms with Gasteiger partial charge >= 0.3 is 5.97 Å². The number of carboxylic acids is 1. The minimum atomic E-state index is -0.942. The van der Waals surface area contributed by atoms with Crippen LogP contribution >= 0.6 is 0 Å². The molecule has 3 heterocycles. The number of hydrogen-bond acceptors (Lipinski definition) is 6. The summed E-state index contributed by atoms with van der Waals surface area (Å²) in [5.41, 5.74) is 5.36. The third-order valence-electron chi connectivity index (χ3n) is 6.70. The molecule has 0 radical (unpaired) electrons. The van der Waals surface area contributed by atoms with Crippen molar-refractivity contribution in [2.75, 3.05) is 30.0 Å². The van der Waals surface area contributed by atoms with E-state index in [0.717, 1.165) is 33.7 Å². The van der Waals surface area contributed by atoms with E-state index in [1.807, 2.05) is 55.1 Å². The summed E-state index contributed by atoms with van der Waals surface area (Å²) in [5.74, 6) is 1.03. The molecule has 2 aromatic carbocycles. The van der Waals surface area contributed by atoms with Gasteiger partial charge < -0.3 is 19.6 Å². The molecular formula is C30H28N4O4. The van der Waals surface area contributed by atoms with E-state index >= 15 is 0 Å². The first-order valence-electron chi connectivity index (χ1n) is 12.4. The Morgan fingerprint density at radius 2 is 1.76 bits per heavy atom. The minimum Gasteiger partial charge on any atom is -0.493 e. The van der Waals surface area contributed by atoms with Crippen LogP contribution in [0.25, 0.3) is 11.1 Å². The van der Waals surface area contributed by atoms with Gasteiger partial charge in [0, 0.05) is 32.4 Å². The fourth-order valence-corrected chi connectivity index (χ4v) is 4.63. The lowest BCUT2D eigenvalue weighted by Gasteiger charge is -2.22. The van der Waals surface area contributed by atoms with Crippen LogP contribution < -0.4 is 14.5 Å². The third kappa shape index (κ3) is 4.68. The molecule has 0 saturated carbocycles. The lowest BCUT2D eigenvalue weighted by atomic mass is 10.0. The average molecular weight is 509 g/mol. The van der Waals surface area contributed by atoms with E-state index in [2.05, 4.69) is 9.97 Å². The summed E-state index contributed by atoms with van der Waals surface area (Å²) in [6.07, 6.45) is 4.11. The normalized spacial score (nSPS) is 12.6. The van der Waals surface area contributed by atoms with E-state index < -0.39 is 5.97 Å². The number of benzene rings is 2. The van der Waals surface area contributed by atoms with E-state index in [0.29, 0.717) is 36.8 Å². The maximum Gasteiger partial charge on any atom is 0.335 e. The zero-order valence-electron chi connectivity index (χ0n) is 21.5. The zero-order chi connectivity index (χ0) is 26.8. The van der Waals surface area contributed by atoms with Crippen LogP contribution in [0.3, 0.4) is 0 Å². The van der Waals surface area contributed by atoms with E-state index in [4.69, 9.17) is 9.84 Å². The second-order valence-electron chi connectivity index (χ2n) is 9.13. The van der Waals surface area contributed by atoms with Crippen molar-refractivity contribution >= 4 is 29.2 Å². The highest BCUT2D eigenvalue weighted by Crippen LogP contribution is 2.37. The number of rotatable bonds is 7. The lowest BCUT2D eigenvalue weighted by molar-refractivity contribution is 0.0696. The Morgan fingerprint density at radius 3 is 2.47 bits per heavy atom. The molecule has 8 heteroatoms. The Morgan fingerprint density at radius 1 is 1.00 bits per heavy atom. The topological polar surface area (TPSA) is 95.9 Å². The molecule has 0 spiro atoms. The summed E-state index contributed by atoms with van der Waals surface area (Å²) in [4.78, 5) is 37.2. The Bertz CT molecular complexity index is 1520. The molecular weight excluding hydrogens is 480 g/mol. The number of aromatic carboxylic acids is 1. The van der Waals surface area contributed by atoms with Crippen molar-refractivity contribution in [1.82, 2.24) is 9.97 Å². The Hall–Kier alpha value is -4.72. The molecule has 0 bridgehead atoms. The van der Waals surface area contributed by atoms with Crippen LogP contribution in [0, 0.1) is 6.92 Å². The molecule has 0 fully saturated rings.